The molecule has 0 radical (unpaired) electrons. The minimum atomic E-state index is -0.448. The second-order valence-corrected chi connectivity index (χ2v) is 5.53. The first kappa shape index (κ1) is 17.3. The fourth-order valence-electron chi connectivity index (χ4n) is 2.56. The van der Waals surface area contributed by atoms with Gasteiger partial charge < -0.3 is 10.1 Å². The Labute approximate surface area is 149 Å². The van der Waals surface area contributed by atoms with Gasteiger partial charge in [0.25, 0.3) is 0 Å². The van der Waals surface area contributed by atoms with E-state index in [2.05, 4.69) is 10.4 Å². The molecule has 1 heterocycles. The van der Waals surface area contributed by atoms with Crippen LogP contribution in [0.3, 0.4) is 0 Å². The van der Waals surface area contributed by atoms with Crippen LogP contribution in [0, 0.1) is 0 Å². The molecular formula is C19H17N3O4. The summed E-state index contributed by atoms with van der Waals surface area (Å²) in [5.74, 6) is -0.774. The Morgan fingerprint density at radius 2 is 1.96 bits per heavy atom. The minimum absolute atomic E-state index is 0.0651. The van der Waals surface area contributed by atoms with Crippen molar-refractivity contribution in [3.8, 4) is 0 Å². The molecule has 7 heteroatoms. The number of amides is 1. The molecule has 0 aliphatic carbocycles. The molecule has 3 rings (SSSR count). The molecule has 3 aromatic rings. The lowest BCUT2D eigenvalue weighted by atomic mass is 10.2. The van der Waals surface area contributed by atoms with Crippen molar-refractivity contribution in [1.82, 2.24) is 9.78 Å². The van der Waals surface area contributed by atoms with E-state index in [0.717, 1.165) is 0 Å². The number of fused-ring (bicyclic) bond motifs is 1. The SMILES string of the molecule is CCOC(=O)c1cccc(NC(=O)Cn2ncc(=O)c3ccccc32)c1. The summed E-state index contributed by atoms with van der Waals surface area (Å²) in [4.78, 5) is 36.0. The normalized spacial score (nSPS) is 10.5. The third kappa shape index (κ3) is 3.77. The van der Waals surface area contributed by atoms with Crippen LogP contribution in [0.15, 0.2) is 59.5 Å². The highest BCUT2D eigenvalue weighted by Crippen LogP contribution is 2.13. The molecule has 0 atom stereocenters. The number of hydrogen-bond acceptors (Lipinski definition) is 5. The summed E-state index contributed by atoms with van der Waals surface area (Å²) in [5, 5.41) is 7.25. The molecule has 0 fully saturated rings. The Kier molecular flexibility index (Phi) is 5.07. The molecular weight excluding hydrogens is 334 g/mol. The van der Waals surface area contributed by atoms with Crippen molar-refractivity contribution in [1.29, 1.82) is 0 Å². The summed E-state index contributed by atoms with van der Waals surface area (Å²) in [6.45, 7) is 1.94. The summed E-state index contributed by atoms with van der Waals surface area (Å²) in [5.41, 5.74) is 1.22. The highest BCUT2D eigenvalue weighted by molar-refractivity contribution is 5.95. The first-order chi connectivity index (χ1) is 12.6. The summed E-state index contributed by atoms with van der Waals surface area (Å²) in [7, 11) is 0. The number of nitrogens with zero attached hydrogens (tertiary/aromatic N) is 2. The minimum Gasteiger partial charge on any atom is -0.462 e. The molecule has 1 N–H and O–H groups in total. The largest absolute Gasteiger partial charge is 0.462 e. The van der Waals surface area contributed by atoms with Gasteiger partial charge in [-0.2, -0.15) is 5.10 Å². The average molecular weight is 351 g/mol. The Morgan fingerprint density at radius 1 is 1.15 bits per heavy atom. The zero-order chi connectivity index (χ0) is 18.5. The predicted octanol–water partition coefficient (Wildman–Crippen LogP) is 2.21. The van der Waals surface area contributed by atoms with E-state index < -0.39 is 5.97 Å². The molecule has 2 aromatic carbocycles. The maximum absolute atomic E-state index is 12.4. The molecule has 0 saturated heterocycles. The number of esters is 1. The second-order valence-electron chi connectivity index (χ2n) is 5.53. The van der Waals surface area contributed by atoms with Crippen LogP contribution < -0.4 is 10.7 Å². The maximum Gasteiger partial charge on any atom is 0.338 e. The monoisotopic (exact) mass is 351 g/mol. The molecule has 26 heavy (non-hydrogen) atoms. The van der Waals surface area contributed by atoms with Crippen LogP contribution >= 0.6 is 0 Å². The van der Waals surface area contributed by atoms with E-state index in [1.165, 1.54) is 10.9 Å². The van der Waals surface area contributed by atoms with Crippen LogP contribution in [0.5, 0.6) is 0 Å². The third-order valence-electron chi connectivity index (χ3n) is 3.71. The Bertz CT molecular complexity index is 1030. The van der Waals surface area contributed by atoms with E-state index in [-0.39, 0.29) is 24.5 Å². The van der Waals surface area contributed by atoms with Gasteiger partial charge in [-0.25, -0.2) is 4.79 Å². The zero-order valence-corrected chi connectivity index (χ0v) is 14.1. The zero-order valence-electron chi connectivity index (χ0n) is 14.1. The molecule has 0 saturated carbocycles. The van der Waals surface area contributed by atoms with Gasteiger partial charge in [0.1, 0.15) is 6.54 Å². The van der Waals surface area contributed by atoms with Crippen molar-refractivity contribution in [3.05, 3.63) is 70.5 Å². The molecule has 7 nitrogen and oxygen atoms in total. The molecule has 0 bridgehead atoms. The van der Waals surface area contributed by atoms with Crippen molar-refractivity contribution in [2.24, 2.45) is 0 Å². The predicted molar refractivity (Wildman–Crippen MR) is 97.0 cm³/mol. The lowest BCUT2D eigenvalue weighted by molar-refractivity contribution is -0.116. The van der Waals surface area contributed by atoms with Gasteiger partial charge in [-0.05, 0) is 37.3 Å². The molecule has 1 aromatic heterocycles. The number of ether oxygens (including phenoxy) is 1. The third-order valence-corrected chi connectivity index (χ3v) is 3.71. The molecule has 0 aliphatic rings. The summed E-state index contributed by atoms with van der Waals surface area (Å²) in [6.07, 6.45) is 1.19. The number of hydrogen-bond donors (Lipinski definition) is 1. The van der Waals surface area contributed by atoms with Gasteiger partial charge in [0.05, 0.1) is 23.9 Å². The van der Waals surface area contributed by atoms with Crippen LogP contribution in [-0.2, 0) is 16.1 Å². The van der Waals surface area contributed by atoms with Crippen molar-refractivity contribution >= 4 is 28.5 Å². The maximum atomic E-state index is 12.4. The van der Waals surface area contributed by atoms with Gasteiger partial charge in [0.2, 0.25) is 11.3 Å². The van der Waals surface area contributed by atoms with Crippen molar-refractivity contribution in [2.75, 3.05) is 11.9 Å². The van der Waals surface area contributed by atoms with E-state index in [0.29, 0.717) is 22.2 Å². The smallest absolute Gasteiger partial charge is 0.338 e. The molecule has 1 amide bonds. The molecule has 132 valence electrons. The van der Waals surface area contributed by atoms with Crippen LogP contribution in [0.4, 0.5) is 5.69 Å². The Hall–Kier alpha value is -3.48. The first-order valence-electron chi connectivity index (χ1n) is 8.10. The second kappa shape index (κ2) is 7.60. The van der Waals surface area contributed by atoms with Crippen LogP contribution in [0.25, 0.3) is 10.9 Å². The number of anilines is 1. The van der Waals surface area contributed by atoms with E-state index in [1.807, 2.05) is 0 Å². The quantitative estimate of drug-likeness (QED) is 0.712. The number of carbonyl (C=O) groups excluding carboxylic acids is 2. The fraction of sp³-hybridized carbons (Fsp3) is 0.158. The molecule has 0 aliphatic heterocycles. The van der Waals surface area contributed by atoms with Gasteiger partial charge in [0, 0.05) is 11.1 Å². The Balaban J connectivity index is 1.78. The van der Waals surface area contributed by atoms with Gasteiger partial charge in [-0.1, -0.05) is 18.2 Å². The lowest BCUT2D eigenvalue weighted by Gasteiger charge is -2.10. The topological polar surface area (TPSA) is 90.3 Å². The van der Waals surface area contributed by atoms with Crippen LogP contribution in [0.1, 0.15) is 17.3 Å². The number of nitrogens with one attached hydrogen (secondary N) is 1. The number of carbonyl (C=O) groups is 2. The van der Waals surface area contributed by atoms with E-state index in [9.17, 15) is 14.4 Å². The number of para-hydroxylation sites is 1. The van der Waals surface area contributed by atoms with E-state index >= 15 is 0 Å². The van der Waals surface area contributed by atoms with Gasteiger partial charge in [-0.3, -0.25) is 14.3 Å². The number of rotatable bonds is 5. The Morgan fingerprint density at radius 3 is 2.77 bits per heavy atom. The highest BCUT2D eigenvalue weighted by atomic mass is 16.5. The summed E-state index contributed by atoms with van der Waals surface area (Å²) < 4.78 is 6.41. The highest BCUT2D eigenvalue weighted by Gasteiger charge is 2.11. The molecule has 0 spiro atoms. The van der Waals surface area contributed by atoms with Crippen molar-refractivity contribution in [3.63, 3.8) is 0 Å². The average Bonchev–Trinajstić information content (AvgIpc) is 2.65. The van der Waals surface area contributed by atoms with Gasteiger partial charge in [0.15, 0.2) is 0 Å². The summed E-state index contributed by atoms with van der Waals surface area (Å²) in [6, 6.07) is 13.5. The number of benzene rings is 2. The van der Waals surface area contributed by atoms with Gasteiger partial charge >= 0.3 is 5.97 Å². The summed E-state index contributed by atoms with van der Waals surface area (Å²) >= 11 is 0. The lowest BCUT2D eigenvalue weighted by Crippen LogP contribution is -2.22. The van der Waals surface area contributed by atoms with Gasteiger partial charge in [-0.15, -0.1) is 0 Å². The van der Waals surface area contributed by atoms with Crippen molar-refractivity contribution < 1.29 is 14.3 Å². The molecule has 0 unspecified atom stereocenters. The fourth-order valence-corrected chi connectivity index (χ4v) is 2.56. The van der Waals surface area contributed by atoms with Crippen molar-refractivity contribution in [2.45, 2.75) is 13.5 Å². The number of aromatic nitrogens is 2. The standard InChI is InChI=1S/C19H17N3O4/c1-2-26-19(25)13-6-5-7-14(10-13)21-18(24)12-22-16-9-4-3-8-15(16)17(23)11-20-22/h3-11H,2,12H2,1H3,(H,21,24). The van der Waals surface area contributed by atoms with E-state index in [4.69, 9.17) is 4.74 Å². The van der Waals surface area contributed by atoms with Crippen LogP contribution in [-0.4, -0.2) is 28.3 Å². The van der Waals surface area contributed by atoms with E-state index in [1.54, 1.807) is 55.5 Å². The first-order valence-corrected chi connectivity index (χ1v) is 8.10. The van der Waals surface area contributed by atoms with Crippen LogP contribution in [0.2, 0.25) is 0 Å².